The van der Waals surface area contributed by atoms with Crippen molar-refractivity contribution in [1.29, 1.82) is 0 Å². The number of rotatable bonds is 8. The van der Waals surface area contributed by atoms with E-state index in [0.717, 1.165) is 89.9 Å². The summed E-state index contributed by atoms with van der Waals surface area (Å²) in [7, 11) is 0. The molecule has 2 aromatic carbocycles. The van der Waals surface area contributed by atoms with Gasteiger partial charge in [0, 0.05) is 87.5 Å². The number of anilines is 3. The number of hydrogen-bond acceptors (Lipinski definition) is 11. The number of fused-ring (bicyclic) bond motifs is 1. The predicted molar refractivity (Wildman–Crippen MR) is 234 cm³/mol. The lowest BCUT2D eigenvalue weighted by atomic mass is 9.85. The standard InChI is InChI=1S/C46H54N10O5/c1-28-21-37(29(2)20-35(28)41-27-54(18-19-61-41)39-23-38(50-51-43(39)47)34-6-4-5-7-40(34)57)45(59)53-16-14-52(15-17-53)26-31-8-10-32(11-9-31)56-25-30(3)36-22-33(24-48-44(36)56)55-13-12-42(58)49-46(55)60/h4-7,20-25,31-32,41,57H,8-19,26-27H2,1-3H3,(H2,47,51)(H,49,58,60)/t31?,32?,41-/m0/s1. The van der Waals surface area contributed by atoms with Crippen molar-refractivity contribution >= 4 is 46.1 Å². The molecule has 1 saturated carbocycles. The Kier molecular flexibility index (Phi) is 11.1. The SMILES string of the molecule is Cc1cc([C@@H]2CN(c3cc(-c4ccccc4O)nnc3N)CCO2)c(C)cc1C(=O)N1CCN(CC2CCC(n3cc(C)c4cc(N5CCC(=O)NC5=O)cnc43)CC2)CC1. The van der Waals surface area contributed by atoms with Gasteiger partial charge in [-0.05, 0) is 105 Å². The third kappa shape index (κ3) is 8.11. The van der Waals surface area contributed by atoms with Gasteiger partial charge in [0.2, 0.25) is 5.91 Å². The Labute approximate surface area is 355 Å². The van der Waals surface area contributed by atoms with Crippen molar-refractivity contribution in [3.8, 4) is 17.0 Å². The van der Waals surface area contributed by atoms with Crippen molar-refractivity contribution in [1.82, 2.24) is 34.9 Å². The van der Waals surface area contributed by atoms with E-state index >= 15 is 0 Å². The molecule has 1 aliphatic carbocycles. The van der Waals surface area contributed by atoms with Crippen molar-refractivity contribution in [3.63, 3.8) is 0 Å². The van der Waals surface area contributed by atoms with Crippen molar-refractivity contribution in [2.24, 2.45) is 5.92 Å². The Hall–Kier alpha value is -6.06. The van der Waals surface area contributed by atoms with E-state index in [1.165, 1.54) is 0 Å². The number of para-hydroxylation sites is 1. The lowest BCUT2D eigenvalue weighted by molar-refractivity contribution is -0.120. The topological polar surface area (TPSA) is 175 Å². The van der Waals surface area contributed by atoms with Gasteiger partial charge in [0.1, 0.15) is 17.5 Å². The van der Waals surface area contributed by atoms with Crippen molar-refractivity contribution < 1.29 is 24.2 Å². The molecular formula is C46H54N10O5. The normalized spacial score (nSPS) is 21.6. The summed E-state index contributed by atoms with van der Waals surface area (Å²) in [4.78, 5) is 51.2. The van der Waals surface area contributed by atoms with Crippen LogP contribution in [0.3, 0.4) is 0 Å². The van der Waals surface area contributed by atoms with Crippen LogP contribution in [0.15, 0.2) is 60.9 Å². The maximum atomic E-state index is 14.0. The van der Waals surface area contributed by atoms with E-state index in [4.69, 9.17) is 15.5 Å². The van der Waals surface area contributed by atoms with Crippen LogP contribution < -0.4 is 20.9 Å². The highest BCUT2D eigenvalue weighted by Crippen LogP contribution is 2.38. The monoisotopic (exact) mass is 826 g/mol. The zero-order valence-corrected chi connectivity index (χ0v) is 35.1. The fourth-order valence-electron chi connectivity index (χ4n) is 9.73. The first-order valence-corrected chi connectivity index (χ1v) is 21.5. The average Bonchev–Trinajstić information content (AvgIpc) is 3.60. The van der Waals surface area contributed by atoms with Gasteiger partial charge in [0.25, 0.3) is 5.91 Å². The van der Waals surface area contributed by atoms with E-state index < -0.39 is 6.03 Å². The van der Waals surface area contributed by atoms with E-state index in [-0.39, 0.29) is 30.1 Å². The van der Waals surface area contributed by atoms with Crippen molar-refractivity contribution in [2.75, 3.05) is 74.5 Å². The van der Waals surface area contributed by atoms with Gasteiger partial charge in [-0.3, -0.25) is 24.7 Å². The summed E-state index contributed by atoms with van der Waals surface area (Å²) < 4.78 is 8.63. The Morgan fingerprint density at radius 2 is 1.70 bits per heavy atom. The van der Waals surface area contributed by atoms with Gasteiger partial charge in [0.05, 0.1) is 29.9 Å². The fourth-order valence-corrected chi connectivity index (χ4v) is 9.73. The lowest BCUT2D eigenvalue weighted by Gasteiger charge is -2.38. The molecule has 4 fully saturated rings. The number of carbonyl (C=O) groups is 3. The number of aromatic hydroxyl groups is 1. The minimum absolute atomic E-state index is 0.0788. The molecule has 3 aromatic heterocycles. The second-order valence-corrected chi connectivity index (χ2v) is 17.2. The number of ether oxygens (including phenoxy) is 1. The molecule has 1 atom stereocenters. The molecule has 15 nitrogen and oxygen atoms in total. The number of amides is 4. The summed E-state index contributed by atoms with van der Waals surface area (Å²) in [6.45, 7) is 12.4. The third-order valence-electron chi connectivity index (χ3n) is 13.2. The summed E-state index contributed by atoms with van der Waals surface area (Å²) in [5.74, 6) is 0.897. The number of hydrogen-bond donors (Lipinski definition) is 3. The van der Waals surface area contributed by atoms with Crippen LogP contribution in [-0.2, 0) is 9.53 Å². The molecule has 61 heavy (non-hydrogen) atoms. The maximum absolute atomic E-state index is 14.0. The van der Waals surface area contributed by atoms with Crippen LogP contribution in [-0.4, -0.2) is 111 Å². The molecule has 3 aliphatic heterocycles. The number of aromatic nitrogens is 4. The van der Waals surface area contributed by atoms with Gasteiger partial charge >= 0.3 is 6.03 Å². The molecule has 3 saturated heterocycles. The number of nitrogens with zero attached hydrogens (tertiary/aromatic N) is 8. The van der Waals surface area contributed by atoms with Gasteiger partial charge in [-0.1, -0.05) is 18.2 Å². The number of pyridine rings is 1. The number of piperazine rings is 1. The molecular weight excluding hydrogens is 773 g/mol. The number of carbonyl (C=O) groups excluding carboxylic acids is 3. The number of nitrogens with two attached hydrogens (primary N) is 1. The summed E-state index contributed by atoms with van der Waals surface area (Å²) in [5, 5.41) is 22.3. The first kappa shape index (κ1) is 40.4. The Morgan fingerprint density at radius 3 is 2.48 bits per heavy atom. The Bertz CT molecular complexity index is 2490. The van der Waals surface area contributed by atoms with E-state index in [1.54, 1.807) is 29.3 Å². The molecule has 5 aromatic rings. The lowest BCUT2D eigenvalue weighted by Crippen LogP contribution is -2.50. The highest BCUT2D eigenvalue weighted by Gasteiger charge is 2.31. The molecule has 4 aliphatic rings. The first-order chi connectivity index (χ1) is 29.5. The van der Waals surface area contributed by atoms with Gasteiger partial charge in [0.15, 0.2) is 5.82 Å². The van der Waals surface area contributed by atoms with E-state index in [2.05, 4.69) is 49.1 Å². The molecule has 318 valence electrons. The summed E-state index contributed by atoms with van der Waals surface area (Å²) in [6, 6.07) is 15.1. The molecule has 4 amide bonds. The molecule has 0 radical (unpaired) electrons. The number of aryl methyl sites for hydroxylation is 3. The predicted octanol–water partition coefficient (Wildman–Crippen LogP) is 5.92. The number of phenolic OH excluding ortho intramolecular Hbond substituents is 1. The fraction of sp³-hybridized carbons (Fsp3) is 0.435. The van der Waals surface area contributed by atoms with Crippen molar-refractivity contribution in [2.45, 2.75) is 65.0 Å². The number of imide groups is 1. The molecule has 0 unspecified atom stereocenters. The van der Waals surface area contributed by atoms with E-state index in [9.17, 15) is 19.5 Å². The molecule has 4 N–H and O–H groups in total. The van der Waals surface area contributed by atoms with Gasteiger partial charge in [-0.2, -0.15) is 0 Å². The zero-order valence-electron chi connectivity index (χ0n) is 35.1. The van der Waals surface area contributed by atoms with Crippen LogP contribution in [0.4, 0.5) is 22.0 Å². The van der Waals surface area contributed by atoms with Crippen LogP contribution in [0, 0.1) is 26.7 Å². The van der Waals surface area contributed by atoms with Crippen LogP contribution >= 0.6 is 0 Å². The number of phenols is 1. The second kappa shape index (κ2) is 16.8. The Morgan fingerprint density at radius 1 is 0.918 bits per heavy atom. The quantitative estimate of drug-likeness (QED) is 0.169. The van der Waals surface area contributed by atoms with E-state index in [1.807, 2.05) is 43.0 Å². The van der Waals surface area contributed by atoms with E-state index in [0.29, 0.717) is 74.1 Å². The van der Waals surface area contributed by atoms with Crippen LogP contribution in [0.25, 0.3) is 22.3 Å². The second-order valence-electron chi connectivity index (χ2n) is 17.2. The number of morpholine rings is 1. The molecule has 0 bridgehead atoms. The highest BCUT2D eigenvalue weighted by atomic mass is 16.5. The minimum Gasteiger partial charge on any atom is -0.507 e. The molecule has 0 spiro atoms. The van der Waals surface area contributed by atoms with Crippen molar-refractivity contribution in [3.05, 3.63) is 88.7 Å². The van der Waals surface area contributed by atoms with Crippen LogP contribution in [0.2, 0.25) is 0 Å². The average molecular weight is 827 g/mol. The van der Waals surface area contributed by atoms with Crippen LogP contribution in [0.1, 0.15) is 76.9 Å². The maximum Gasteiger partial charge on any atom is 0.328 e. The number of nitrogens with one attached hydrogen (secondary N) is 1. The van der Waals surface area contributed by atoms with Crippen LogP contribution in [0.5, 0.6) is 5.75 Å². The molecule has 9 rings (SSSR count). The largest absolute Gasteiger partial charge is 0.507 e. The highest BCUT2D eigenvalue weighted by molar-refractivity contribution is 6.06. The number of benzene rings is 2. The van der Waals surface area contributed by atoms with Gasteiger partial charge < -0.3 is 29.9 Å². The van der Waals surface area contributed by atoms with Gasteiger partial charge in [-0.25, -0.2) is 9.78 Å². The smallest absolute Gasteiger partial charge is 0.328 e. The summed E-state index contributed by atoms with van der Waals surface area (Å²) in [5.41, 5.74) is 14.7. The number of urea groups is 1. The Balaban J connectivity index is 0.781. The number of nitrogen functional groups attached to an aromatic ring is 1. The summed E-state index contributed by atoms with van der Waals surface area (Å²) in [6.07, 6.45) is 8.45. The zero-order chi connectivity index (χ0) is 42.4. The first-order valence-electron chi connectivity index (χ1n) is 21.5. The minimum atomic E-state index is -0.397. The molecule has 15 heteroatoms. The molecule has 6 heterocycles. The van der Waals surface area contributed by atoms with Gasteiger partial charge in [-0.15, -0.1) is 10.2 Å². The summed E-state index contributed by atoms with van der Waals surface area (Å²) >= 11 is 0. The third-order valence-corrected chi connectivity index (χ3v) is 13.2.